The van der Waals surface area contributed by atoms with Crippen LogP contribution in [0.4, 0.5) is 0 Å². The van der Waals surface area contributed by atoms with E-state index in [1.807, 2.05) is 0 Å². The summed E-state index contributed by atoms with van der Waals surface area (Å²) in [6.07, 6.45) is 0. The second-order valence-corrected chi connectivity index (χ2v) is 4.27. The van der Waals surface area contributed by atoms with Crippen LogP contribution < -0.4 is 5.73 Å². The van der Waals surface area contributed by atoms with Crippen molar-refractivity contribution in [1.29, 1.82) is 0 Å². The van der Waals surface area contributed by atoms with E-state index in [9.17, 15) is 0 Å². The lowest BCUT2D eigenvalue weighted by atomic mass is 10.2. The maximum Gasteiger partial charge on any atom is 0.247 e. The summed E-state index contributed by atoms with van der Waals surface area (Å²) in [5, 5.41) is 8.73. The monoisotopic (exact) mass is 257 g/mol. The molecule has 2 rings (SSSR count). The van der Waals surface area contributed by atoms with Crippen LogP contribution in [0.3, 0.4) is 0 Å². The summed E-state index contributed by atoms with van der Waals surface area (Å²) >= 11 is 11.7. The molecule has 0 bridgehead atoms. The van der Waals surface area contributed by atoms with E-state index < -0.39 is 0 Å². The Morgan fingerprint density at radius 2 is 1.81 bits per heavy atom. The van der Waals surface area contributed by atoms with E-state index in [-0.39, 0.29) is 6.04 Å². The maximum atomic E-state index is 5.87. The van der Waals surface area contributed by atoms with Crippen molar-refractivity contribution in [2.45, 2.75) is 13.0 Å². The Kier molecular flexibility index (Phi) is 3.14. The molecule has 1 atom stereocenters. The standard InChI is InChI=1S/C10H9Cl2N3O/c1-5(13)9-14-15-10(16-9)6-2-7(11)4-8(12)3-6/h2-5H,13H2,1H3. The molecular weight excluding hydrogens is 249 g/mol. The molecule has 1 aromatic heterocycles. The summed E-state index contributed by atoms with van der Waals surface area (Å²) in [7, 11) is 0. The number of hydrogen-bond acceptors (Lipinski definition) is 4. The first-order chi connectivity index (χ1) is 7.56. The molecule has 0 aliphatic carbocycles. The molecule has 1 heterocycles. The van der Waals surface area contributed by atoms with Gasteiger partial charge in [-0.1, -0.05) is 23.2 Å². The molecule has 1 unspecified atom stereocenters. The van der Waals surface area contributed by atoms with Gasteiger partial charge in [-0.25, -0.2) is 0 Å². The molecule has 0 aliphatic rings. The third kappa shape index (κ3) is 2.35. The highest BCUT2D eigenvalue weighted by molar-refractivity contribution is 6.35. The number of aromatic nitrogens is 2. The van der Waals surface area contributed by atoms with Crippen molar-refractivity contribution in [3.8, 4) is 11.5 Å². The van der Waals surface area contributed by atoms with E-state index in [4.69, 9.17) is 33.4 Å². The van der Waals surface area contributed by atoms with E-state index in [2.05, 4.69) is 10.2 Å². The minimum absolute atomic E-state index is 0.295. The lowest BCUT2D eigenvalue weighted by Gasteiger charge is -1.98. The Morgan fingerprint density at radius 3 is 2.31 bits per heavy atom. The van der Waals surface area contributed by atoms with Gasteiger partial charge in [0.15, 0.2) is 0 Å². The molecule has 0 saturated carbocycles. The summed E-state index contributed by atoms with van der Waals surface area (Å²) in [4.78, 5) is 0. The zero-order chi connectivity index (χ0) is 11.7. The lowest BCUT2D eigenvalue weighted by molar-refractivity contribution is 0.473. The van der Waals surface area contributed by atoms with Crippen molar-refractivity contribution in [3.63, 3.8) is 0 Å². The van der Waals surface area contributed by atoms with Gasteiger partial charge >= 0.3 is 0 Å². The van der Waals surface area contributed by atoms with Crippen molar-refractivity contribution in [2.24, 2.45) is 5.73 Å². The molecule has 2 aromatic rings. The van der Waals surface area contributed by atoms with E-state index >= 15 is 0 Å². The van der Waals surface area contributed by atoms with Gasteiger partial charge in [0.05, 0.1) is 6.04 Å². The quantitative estimate of drug-likeness (QED) is 0.898. The van der Waals surface area contributed by atoms with Crippen molar-refractivity contribution in [3.05, 3.63) is 34.1 Å². The van der Waals surface area contributed by atoms with E-state index in [0.717, 1.165) is 0 Å². The van der Waals surface area contributed by atoms with Gasteiger partial charge in [-0.2, -0.15) is 0 Å². The zero-order valence-corrected chi connectivity index (χ0v) is 9.96. The highest BCUT2D eigenvalue weighted by atomic mass is 35.5. The molecule has 0 fully saturated rings. The van der Waals surface area contributed by atoms with Crippen LogP contribution >= 0.6 is 23.2 Å². The Bertz CT molecular complexity index is 490. The van der Waals surface area contributed by atoms with Crippen molar-refractivity contribution in [2.75, 3.05) is 0 Å². The average molecular weight is 258 g/mol. The van der Waals surface area contributed by atoms with Crippen LogP contribution in [0.15, 0.2) is 22.6 Å². The van der Waals surface area contributed by atoms with Crippen LogP contribution in [-0.2, 0) is 0 Å². The smallest absolute Gasteiger partial charge is 0.247 e. The lowest BCUT2D eigenvalue weighted by Crippen LogP contribution is -2.04. The number of nitrogens with zero attached hydrogens (tertiary/aromatic N) is 2. The fourth-order valence-electron chi connectivity index (χ4n) is 1.21. The Labute approximate surface area is 102 Å². The Morgan fingerprint density at radius 1 is 1.19 bits per heavy atom. The first-order valence-corrected chi connectivity index (χ1v) is 5.37. The highest BCUT2D eigenvalue weighted by Gasteiger charge is 2.12. The molecule has 0 aliphatic heterocycles. The van der Waals surface area contributed by atoms with E-state index in [1.165, 1.54) is 0 Å². The second kappa shape index (κ2) is 4.41. The van der Waals surface area contributed by atoms with Crippen molar-refractivity contribution >= 4 is 23.2 Å². The third-order valence-corrected chi connectivity index (χ3v) is 2.38. The van der Waals surface area contributed by atoms with Gasteiger partial charge in [-0.05, 0) is 25.1 Å². The van der Waals surface area contributed by atoms with Crippen LogP contribution in [0.1, 0.15) is 18.9 Å². The molecule has 1 aromatic carbocycles. The highest BCUT2D eigenvalue weighted by Crippen LogP contribution is 2.26. The van der Waals surface area contributed by atoms with Crippen LogP contribution in [-0.4, -0.2) is 10.2 Å². The van der Waals surface area contributed by atoms with Crippen LogP contribution in [0.25, 0.3) is 11.5 Å². The first-order valence-electron chi connectivity index (χ1n) is 4.61. The third-order valence-electron chi connectivity index (χ3n) is 1.94. The average Bonchev–Trinajstić information content (AvgIpc) is 2.64. The molecule has 0 amide bonds. The Hall–Kier alpha value is -1.10. The molecular formula is C10H9Cl2N3O. The fraction of sp³-hybridized carbons (Fsp3) is 0.200. The van der Waals surface area contributed by atoms with Crippen molar-refractivity contribution < 1.29 is 4.42 Å². The van der Waals surface area contributed by atoms with E-state index in [0.29, 0.717) is 27.4 Å². The minimum atomic E-state index is -0.295. The topological polar surface area (TPSA) is 64.9 Å². The van der Waals surface area contributed by atoms with Crippen molar-refractivity contribution in [1.82, 2.24) is 10.2 Å². The summed E-state index contributed by atoms with van der Waals surface area (Å²) in [5.74, 6) is 0.739. The fourth-order valence-corrected chi connectivity index (χ4v) is 1.74. The van der Waals surface area contributed by atoms with Gasteiger partial charge in [0.2, 0.25) is 11.8 Å². The zero-order valence-electron chi connectivity index (χ0n) is 8.45. The number of rotatable bonds is 2. The molecule has 2 N–H and O–H groups in total. The summed E-state index contributed by atoms with van der Waals surface area (Å²) in [5.41, 5.74) is 6.29. The predicted octanol–water partition coefficient (Wildman–Crippen LogP) is 3.06. The van der Waals surface area contributed by atoms with Gasteiger partial charge in [-0.15, -0.1) is 10.2 Å². The molecule has 4 nitrogen and oxygen atoms in total. The van der Waals surface area contributed by atoms with Gasteiger partial charge in [-0.3, -0.25) is 0 Å². The number of halogens is 2. The summed E-state index contributed by atoms with van der Waals surface area (Å²) < 4.78 is 5.38. The van der Waals surface area contributed by atoms with Gasteiger partial charge in [0, 0.05) is 15.6 Å². The molecule has 84 valence electrons. The number of benzene rings is 1. The molecule has 0 spiro atoms. The first kappa shape index (κ1) is 11.4. The van der Waals surface area contributed by atoms with Crippen LogP contribution in [0.5, 0.6) is 0 Å². The van der Waals surface area contributed by atoms with Crippen LogP contribution in [0, 0.1) is 0 Å². The molecule has 6 heteroatoms. The molecule has 0 saturated heterocycles. The van der Waals surface area contributed by atoms with E-state index in [1.54, 1.807) is 25.1 Å². The molecule has 0 radical (unpaired) electrons. The Balaban J connectivity index is 2.42. The van der Waals surface area contributed by atoms with Crippen LogP contribution in [0.2, 0.25) is 10.0 Å². The minimum Gasteiger partial charge on any atom is -0.419 e. The number of nitrogens with two attached hydrogens (primary N) is 1. The largest absolute Gasteiger partial charge is 0.419 e. The normalized spacial score (nSPS) is 12.8. The maximum absolute atomic E-state index is 5.87. The second-order valence-electron chi connectivity index (χ2n) is 3.39. The predicted molar refractivity (Wildman–Crippen MR) is 62.4 cm³/mol. The van der Waals surface area contributed by atoms with Gasteiger partial charge < -0.3 is 10.2 Å². The van der Waals surface area contributed by atoms with Gasteiger partial charge in [0.25, 0.3) is 0 Å². The number of hydrogen-bond donors (Lipinski definition) is 1. The summed E-state index contributed by atoms with van der Waals surface area (Å²) in [6, 6.07) is 4.74. The summed E-state index contributed by atoms with van der Waals surface area (Å²) in [6.45, 7) is 1.77. The SMILES string of the molecule is CC(N)c1nnc(-c2cc(Cl)cc(Cl)c2)o1. The molecule has 16 heavy (non-hydrogen) atoms. The van der Waals surface area contributed by atoms with Gasteiger partial charge in [0.1, 0.15) is 0 Å².